The van der Waals surface area contributed by atoms with Crippen LogP contribution in [0.1, 0.15) is 6.92 Å². The number of nitrogens with one attached hydrogen (secondary N) is 2. The Balaban J connectivity index is 2.24. The predicted molar refractivity (Wildman–Crippen MR) is 77.3 cm³/mol. The molecular weight excluding hydrogens is 256 g/mol. The van der Waals surface area contributed by atoms with E-state index in [1.54, 1.807) is 12.4 Å². The molecule has 0 spiro atoms. The predicted octanol–water partition coefficient (Wildman–Crippen LogP) is 1.51. The molecule has 3 N–H and O–H groups in total. The maximum Gasteiger partial charge on any atom is 0.221 e. The van der Waals surface area contributed by atoms with Crippen LogP contribution in [0.25, 0.3) is 11.3 Å². The number of nitrogens with zero attached hydrogens (tertiary/aromatic N) is 2. The Bertz CT molecular complexity index is 601. The number of hydrogen-bond acceptors (Lipinski definition) is 5. The number of carbonyl (C=O) groups is 1. The Morgan fingerprint density at radius 3 is 2.95 bits per heavy atom. The average molecular weight is 272 g/mol. The first-order valence-electron chi connectivity index (χ1n) is 6.24. The van der Waals surface area contributed by atoms with E-state index in [-0.39, 0.29) is 12.5 Å². The Labute approximate surface area is 116 Å². The highest BCUT2D eigenvalue weighted by Gasteiger charge is 2.04. The zero-order valence-corrected chi connectivity index (χ0v) is 11.1. The maximum absolute atomic E-state index is 11.1. The highest BCUT2D eigenvalue weighted by atomic mass is 16.3. The Kier molecular flexibility index (Phi) is 4.62. The van der Waals surface area contributed by atoms with Crippen LogP contribution in [0.3, 0.4) is 0 Å². The van der Waals surface area contributed by atoms with Gasteiger partial charge < -0.3 is 15.7 Å². The van der Waals surface area contributed by atoms with E-state index in [0.29, 0.717) is 23.7 Å². The lowest BCUT2D eigenvalue weighted by Crippen LogP contribution is -2.07. The number of carbonyl (C=O) groups excluding carboxylic acids is 1. The van der Waals surface area contributed by atoms with Crippen molar-refractivity contribution in [1.82, 2.24) is 9.97 Å². The van der Waals surface area contributed by atoms with Gasteiger partial charge in [0.05, 0.1) is 24.7 Å². The zero-order valence-electron chi connectivity index (χ0n) is 11.1. The molecule has 1 aromatic carbocycles. The molecule has 2 aromatic rings. The van der Waals surface area contributed by atoms with E-state index in [0.717, 1.165) is 5.56 Å². The molecule has 0 radical (unpaired) electrons. The number of aromatic nitrogens is 2. The fourth-order valence-corrected chi connectivity index (χ4v) is 1.73. The molecule has 1 aromatic heterocycles. The van der Waals surface area contributed by atoms with E-state index in [2.05, 4.69) is 20.6 Å². The normalized spacial score (nSPS) is 10.1. The van der Waals surface area contributed by atoms with Crippen LogP contribution in [0, 0.1) is 0 Å². The van der Waals surface area contributed by atoms with Gasteiger partial charge in [0.1, 0.15) is 5.82 Å². The lowest BCUT2D eigenvalue weighted by molar-refractivity contribution is -0.114. The van der Waals surface area contributed by atoms with Gasteiger partial charge in [-0.3, -0.25) is 9.78 Å². The van der Waals surface area contributed by atoms with Crippen molar-refractivity contribution < 1.29 is 9.90 Å². The van der Waals surface area contributed by atoms with Crippen molar-refractivity contribution in [1.29, 1.82) is 0 Å². The maximum atomic E-state index is 11.1. The zero-order chi connectivity index (χ0) is 14.4. The van der Waals surface area contributed by atoms with Crippen molar-refractivity contribution in [3.8, 4) is 11.3 Å². The molecule has 6 heteroatoms. The highest BCUT2D eigenvalue weighted by Crippen LogP contribution is 2.21. The van der Waals surface area contributed by atoms with Crippen LogP contribution in [0.4, 0.5) is 11.5 Å². The lowest BCUT2D eigenvalue weighted by Gasteiger charge is -2.07. The molecule has 1 amide bonds. The van der Waals surface area contributed by atoms with Crippen molar-refractivity contribution >= 4 is 17.4 Å². The molecule has 1 heterocycles. The van der Waals surface area contributed by atoms with Gasteiger partial charge in [0.25, 0.3) is 0 Å². The van der Waals surface area contributed by atoms with Gasteiger partial charge >= 0.3 is 0 Å². The molecule has 0 unspecified atom stereocenters. The standard InChI is InChI=1S/C14H16N4O2/c1-10(20)17-12-4-2-3-11(7-12)13-8-15-9-14(18-13)16-5-6-19/h2-4,7-9,19H,5-6H2,1H3,(H,16,18)(H,17,20). The van der Waals surface area contributed by atoms with Crippen LogP contribution in [0.5, 0.6) is 0 Å². The van der Waals surface area contributed by atoms with Gasteiger partial charge in [0, 0.05) is 24.7 Å². The van der Waals surface area contributed by atoms with Crippen LogP contribution in [-0.4, -0.2) is 34.1 Å². The van der Waals surface area contributed by atoms with Gasteiger partial charge in [-0.25, -0.2) is 4.98 Å². The summed E-state index contributed by atoms with van der Waals surface area (Å²) in [7, 11) is 0. The summed E-state index contributed by atoms with van der Waals surface area (Å²) in [6.45, 7) is 1.92. The summed E-state index contributed by atoms with van der Waals surface area (Å²) < 4.78 is 0. The van der Waals surface area contributed by atoms with Crippen LogP contribution in [0.15, 0.2) is 36.7 Å². The van der Waals surface area contributed by atoms with E-state index in [1.807, 2.05) is 24.3 Å². The summed E-state index contributed by atoms with van der Waals surface area (Å²) in [6.07, 6.45) is 3.24. The minimum absolute atomic E-state index is 0.0317. The van der Waals surface area contributed by atoms with Gasteiger partial charge in [-0.05, 0) is 12.1 Å². The van der Waals surface area contributed by atoms with Gasteiger partial charge in [0.15, 0.2) is 0 Å². The van der Waals surface area contributed by atoms with Crippen molar-refractivity contribution in [2.75, 3.05) is 23.8 Å². The van der Waals surface area contributed by atoms with Gasteiger partial charge in [0.2, 0.25) is 5.91 Å². The molecule has 0 aliphatic carbocycles. The molecule has 0 fully saturated rings. The third-order valence-electron chi connectivity index (χ3n) is 2.53. The van der Waals surface area contributed by atoms with Crippen molar-refractivity contribution in [2.24, 2.45) is 0 Å². The van der Waals surface area contributed by atoms with Gasteiger partial charge in [-0.2, -0.15) is 0 Å². The quantitative estimate of drug-likeness (QED) is 0.768. The third-order valence-corrected chi connectivity index (χ3v) is 2.53. The summed E-state index contributed by atoms with van der Waals surface area (Å²) in [5.41, 5.74) is 2.27. The van der Waals surface area contributed by atoms with E-state index in [1.165, 1.54) is 6.92 Å². The molecule has 0 saturated heterocycles. The summed E-state index contributed by atoms with van der Waals surface area (Å²) in [6, 6.07) is 7.38. The Morgan fingerprint density at radius 2 is 2.20 bits per heavy atom. The van der Waals surface area contributed by atoms with Crippen LogP contribution in [-0.2, 0) is 4.79 Å². The summed E-state index contributed by atoms with van der Waals surface area (Å²) in [5, 5.41) is 14.5. The molecule has 6 nitrogen and oxygen atoms in total. The summed E-state index contributed by atoms with van der Waals surface area (Å²) in [4.78, 5) is 19.6. The third kappa shape index (κ3) is 3.76. The number of aliphatic hydroxyl groups is 1. The summed E-state index contributed by atoms with van der Waals surface area (Å²) >= 11 is 0. The second kappa shape index (κ2) is 6.63. The number of hydrogen-bond donors (Lipinski definition) is 3. The highest BCUT2D eigenvalue weighted by molar-refractivity contribution is 5.89. The summed E-state index contributed by atoms with van der Waals surface area (Å²) in [5.74, 6) is 0.480. The second-order valence-electron chi connectivity index (χ2n) is 4.20. The molecule has 0 atom stereocenters. The largest absolute Gasteiger partial charge is 0.395 e. The van der Waals surface area contributed by atoms with E-state index in [4.69, 9.17) is 5.11 Å². The molecule has 0 saturated carbocycles. The van der Waals surface area contributed by atoms with Crippen LogP contribution in [0.2, 0.25) is 0 Å². The number of anilines is 2. The average Bonchev–Trinajstić information content (AvgIpc) is 2.45. The van der Waals surface area contributed by atoms with E-state index < -0.39 is 0 Å². The molecule has 0 bridgehead atoms. The van der Waals surface area contributed by atoms with Crippen molar-refractivity contribution in [3.63, 3.8) is 0 Å². The second-order valence-corrected chi connectivity index (χ2v) is 4.20. The first kappa shape index (κ1) is 14.0. The molecule has 0 aliphatic heterocycles. The minimum Gasteiger partial charge on any atom is -0.395 e. The number of amides is 1. The SMILES string of the molecule is CC(=O)Nc1cccc(-c2cncc(NCCO)n2)c1. The molecule has 2 rings (SSSR count). The fraction of sp³-hybridized carbons (Fsp3) is 0.214. The smallest absolute Gasteiger partial charge is 0.221 e. The number of rotatable bonds is 5. The minimum atomic E-state index is -0.119. The Hall–Kier alpha value is -2.47. The monoisotopic (exact) mass is 272 g/mol. The lowest BCUT2D eigenvalue weighted by atomic mass is 10.1. The molecular formula is C14H16N4O2. The Morgan fingerprint density at radius 1 is 1.35 bits per heavy atom. The van der Waals surface area contributed by atoms with Crippen LogP contribution >= 0.6 is 0 Å². The fourth-order valence-electron chi connectivity index (χ4n) is 1.73. The van der Waals surface area contributed by atoms with Crippen molar-refractivity contribution in [3.05, 3.63) is 36.7 Å². The van der Waals surface area contributed by atoms with E-state index in [9.17, 15) is 4.79 Å². The number of aliphatic hydroxyl groups excluding tert-OH is 1. The van der Waals surface area contributed by atoms with Gasteiger partial charge in [-0.1, -0.05) is 12.1 Å². The molecule has 104 valence electrons. The number of benzene rings is 1. The first-order valence-corrected chi connectivity index (χ1v) is 6.24. The van der Waals surface area contributed by atoms with Crippen LogP contribution < -0.4 is 10.6 Å². The van der Waals surface area contributed by atoms with E-state index >= 15 is 0 Å². The molecule has 0 aliphatic rings. The first-order chi connectivity index (χ1) is 9.69. The van der Waals surface area contributed by atoms with Gasteiger partial charge in [-0.15, -0.1) is 0 Å². The topological polar surface area (TPSA) is 87.1 Å². The molecule has 20 heavy (non-hydrogen) atoms. The van der Waals surface area contributed by atoms with Crippen molar-refractivity contribution in [2.45, 2.75) is 6.92 Å².